The summed E-state index contributed by atoms with van der Waals surface area (Å²) < 4.78 is 28.2. The second-order valence-corrected chi connectivity index (χ2v) is 5.10. The van der Waals surface area contributed by atoms with Crippen LogP contribution < -0.4 is 5.32 Å². The molecule has 0 aliphatic heterocycles. The fourth-order valence-corrected chi connectivity index (χ4v) is 2.14. The van der Waals surface area contributed by atoms with E-state index in [9.17, 15) is 8.78 Å². The van der Waals surface area contributed by atoms with Gasteiger partial charge in [-0.2, -0.15) is 10.5 Å². The van der Waals surface area contributed by atoms with Crippen LogP contribution in [-0.2, 0) is 6.54 Å². The van der Waals surface area contributed by atoms with Crippen LogP contribution in [0.15, 0.2) is 34.8 Å². The molecule has 1 N–H and O–H groups in total. The van der Waals surface area contributed by atoms with Gasteiger partial charge in [0.25, 0.3) is 0 Å². The summed E-state index contributed by atoms with van der Waals surface area (Å²) in [5.41, 5.74) is 0.582. The smallest absolute Gasteiger partial charge is 0.132 e. The molecule has 0 spiro atoms. The van der Waals surface area contributed by atoms with Crippen LogP contribution in [0.3, 0.4) is 0 Å². The van der Waals surface area contributed by atoms with Gasteiger partial charge >= 0.3 is 0 Å². The number of hydrogen-bond acceptors (Lipinski definition) is 3. The maximum atomic E-state index is 13.7. The first kappa shape index (κ1) is 15.0. The van der Waals surface area contributed by atoms with Gasteiger partial charge in [-0.05, 0) is 30.3 Å². The van der Waals surface area contributed by atoms with Crippen LogP contribution in [-0.4, -0.2) is 0 Å². The van der Waals surface area contributed by atoms with Crippen molar-refractivity contribution in [2.75, 3.05) is 5.32 Å². The average Bonchev–Trinajstić information content (AvgIpc) is 2.47. The maximum Gasteiger partial charge on any atom is 0.132 e. The Kier molecular flexibility index (Phi) is 4.52. The molecule has 21 heavy (non-hydrogen) atoms. The van der Waals surface area contributed by atoms with Gasteiger partial charge in [-0.1, -0.05) is 15.9 Å². The molecule has 0 aliphatic rings. The number of rotatable bonds is 3. The highest BCUT2D eigenvalue weighted by Gasteiger charge is 2.12. The quantitative estimate of drug-likeness (QED) is 0.909. The lowest BCUT2D eigenvalue weighted by Crippen LogP contribution is -2.06. The molecule has 0 saturated carbocycles. The van der Waals surface area contributed by atoms with Crippen molar-refractivity contribution in [2.24, 2.45) is 0 Å². The molecule has 0 amide bonds. The van der Waals surface area contributed by atoms with E-state index in [1.54, 1.807) is 24.3 Å². The molecule has 0 aromatic heterocycles. The monoisotopic (exact) mass is 347 g/mol. The van der Waals surface area contributed by atoms with Gasteiger partial charge in [0.1, 0.15) is 17.7 Å². The SMILES string of the molecule is N#Cc1cc(F)c(CNc2ccc(Br)cc2C#N)c(F)c1. The van der Waals surface area contributed by atoms with Crippen LogP contribution in [0.25, 0.3) is 0 Å². The van der Waals surface area contributed by atoms with Gasteiger partial charge in [0.2, 0.25) is 0 Å². The van der Waals surface area contributed by atoms with Crippen LogP contribution in [0.1, 0.15) is 16.7 Å². The molecule has 0 fully saturated rings. The van der Waals surface area contributed by atoms with Crippen LogP contribution in [0.5, 0.6) is 0 Å². The standard InChI is InChI=1S/C15H8BrF2N3/c16-11-1-2-15(10(5-11)7-20)21-8-12-13(17)3-9(6-19)4-14(12)18/h1-5,21H,8H2. The highest BCUT2D eigenvalue weighted by molar-refractivity contribution is 9.10. The van der Waals surface area contributed by atoms with Gasteiger partial charge < -0.3 is 5.32 Å². The first-order valence-corrected chi connectivity index (χ1v) is 6.66. The predicted octanol–water partition coefficient (Wildman–Crippen LogP) is 4.08. The van der Waals surface area contributed by atoms with Crippen molar-refractivity contribution in [3.63, 3.8) is 0 Å². The molecule has 0 aliphatic carbocycles. The van der Waals surface area contributed by atoms with Crippen molar-refractivity contribution < 1.29 is 8.78 Å². The molecule has 0 saturated heterocycles. The van der Waals surface area contributed by atoms with Gasteiger partial charge in [0.15, 0.2) is 0 Å². The summed E-state index contributed by atoms with van der Waals surface area (Å²) in [6.07, 6.45) is 0. The third-order valence-electron chi connectivity index (χ3n) is 2.83. The molecule has 0 atom stereocenters. The van der Waals surface area contributed by atoms with E-state index in [0.717, 1.165) is 16.6 Å². The summed E-state index contributed by atoms with van der Waals surface area (Å²) in [7, 11) is 0. The first-order valence-electron chi connectivity index (χ1n) is 5.86. The number of benzene rings is 2. The Bertz CT molecular complexity index is 752. The Balaban J connectivity index is 2.26. The fraction of sp³-hybridized carbons (Fsp3) is 0.0667. The molecule has 2 aromatic carbocycles. The van der Waals surface area contributed by atoms with Crippen molar-refractivity contribution in [2.45, 2.75) is 6.54 Å². The summed E-state index contributed by atoms with van der Waals surface area (Å²) in [4.78, 5) is 0. The first-order chi connectivity index (χ1) is 10.0. The zero-order valence-electron chi connectivity index (χ0n) is 10.6. The van der Waals surface area contributed by atoms with E-state index in [4.69, 9.17) is 10.5 Å². The van der Waals surface area contributed by atoms with Gasteiger partial charge in [0, 0.05) is 16.6 Å². The zero-order chi connectivity index (χ0) is 15.4. The molecule has 0 bridgehead atoms. The molecule has 6 heteroatoms. The fourth-order valence-electron chi connectivity index (χ4n) is 1.78. The minimum atomic E-state index is -0.797. The lowest BCUT2D eigenvalue weighted by atomic mass is 10.1. The van der Waals surface area contributed by atoms with E-state index >= 15 is 0 Å². The average molecular weight is 348 g/mol. The Morgan fingerprint density at radius 1 is 1.05 bits per heavy atom. The largest absolute Gasteiger partial charge is 0.380 e. The van der Waals surface area contributed by atoms with Gasteiger partial charge in [-0.25, -0.2) is 8.78 Å². The number of nitrogens with zero attached hydrogens (tertiary/aromatic N) is 2. The van der Waals surface area contributed by atoms with E-state index in [0.29, 0.717) is 11.3 Å². The highest BCUT2D eigenvalue weighted by atomic mass is 79.9. The Hall–Kier alpha value is -2.44. The summed E-state index contributed by atoms with van der Waals surface area (Å²) in [6.45, 7) is -0.125. The highest BCUT2D eigenvalue weighted by Crippen LogP contribution is 2.22. The molecule has 0 heterocycles. The van der Waals surface area contributed by atoms with E-state index in [1.807, 2.05) is 6.07 Å². The van der Waals surface area contributed by atoms with Crippen LogP contribution in [0, 0.1) is 34.3 Å². The molecular formula is C15H8BrF2N3. The number of nitrogens with one attached hydrogen (secondary N) is 1. The van der Waals surface area contributed by atoms with Crippen molar-refractivity contribution in [3.05, 3.63) is 63.1 Å². The summed E-state index contributed by atoms with van der Waals surface area (Å²) >= 11 is 3.24. The Morgan fingerprint density at radius 2 is 1.71 bits per heavy atom. The minimum Gasteiger partial charge on any atom is -0.380 e. The molecule has 104 valence electrons. The third kappa shape index (κ3) is 3.36. The van der Waals surface area contributed by atoms with Crippen LogP contribution >= 0.6 is 15.9 Å². The summed E-state index contributed by atoms with van der Waals surface area (Å²) in [6, 6.07) is 10.6. The molecule has 3 nitrogen and oxygen atoms in total. The number of halogens is 3. The minimum absolute atomic E-state index is 0.0740. The zero-order valence-corrected chi connectivity index (χ0v) is 12.2. The van der Waals surface area contributed by atoms with Crippen molar-refractivity contribution in [3.8, 4) is 12.1 Å². The van der Waals surface area contributed by atoms with Crippen LogP contribution in [0.4, 0.5) is 14.5 Å². The lowest BCUT2D eigenvalue weighted by Gasteiger charge is -2.10. The molecule has 2 aromatic rings. The van der Waals surface area contributed by atoms with Gasteiger partial charge in [-0.3, -0.25) is 0 Å². The molecule has 0 unspecified atom stereocenters. The van der Waals surface area contributed by atoms with Gasteiger partial charge in [-0.15, -0.1) is 0 Å². The normalized spacial score (nSPS) is 9.76. The summed E-state index contributed by atoms with van der Waals surface area (Å²) in [5, 5.41) is 20.5. The number of nitriles is 2. The van der Waals surface area contributed by atoms with Crippen LogP contribution in [0.2, 0.25) is 0 Å². The second-order valence-electron chi connectivity index (χ2n) is 4.19. The molecule has 0 radical (unpaired) electrons. The molecular weight excluding hydrogens is 340 g/mol. The van der Waals surface area contributed by atoms with E-state index < -0.39 is 11.6 Å². The summed E-state index contributed by atoms with van der Waals surface area (Å²) in [5.74, 6) is -1.59. The van der Waals surface area contributed by atoms with E-state index in [1.165, 1.54) is 0 Å². The Morgan fingerprint density at radius 3 is 2.29 bits per heavy atom. The molecule has 2 rings (SSSR count). The van der Waals surface area contributed by atoms with E-state index in [-0.39, 0.29) is 17.7 Å². The van der Waals surface area contributed by atoms with Crippen molar-refractivity contribution >= 4 is 21.6 Å². The number of anilines is 1. The topological polar surface area (TPSA) is 59.6 Å². The number of hydrogen-bond donors (Lipinski definition) is 1. The van der Waals surface area contributed by atoms with Gasteiger partial charge in [0.05, 0.1) is 22.9 Å². The van der Waals surface area contributed by atoms with E-state index in [2.05, 4.69) is 21.2 Å². The maximum absolute atomic E-state index is 13.7. The van der Waals surface area contributed by atoms with Crippen molar-refractivity contribution in [1.29, 1.82) is 10.5 Å². The lowest BCUT2D eigenvalue weighted by molar-refractivity contribution is 0.559. The Labute approximate surface area is 128 Å². The third-order valence-corrected chi connectivity index (χ3v) is 3.32. The second kappa shape index (κ2) is 6.34. The van der Waals surface area contributed by atoms with Crippen molar-refractivity contribution in [1.82, 2.24) is 0 Å². The predicted molar refractivity (Wildman–Crippen MR) is 77.3 cm³/mol.